The highest BCUT2D eigenvalue weighted by Crippen LogP contribution is 2.27. The van der Waals surface area contributed by atoms with E-state index in [-0.39, 0.29) is 5.91 Å². The van der Waals surface area contributed by atoms with Gasteiger partial charge in [-0.05, 0) is 36.8 Å². The van der Waals surface area contributed by atoms with Gasteiger partial charge >= 0.3 is 0 Å². The number of rotatable bonds is 8. The number of allylic oxidation sites excluding steroid dienone is 1. The van der Waals surface area contributed by atoms with E-state index in [9.17, 15) is 4.79 Å². The van der Waals surface area contributed by atoms with Gasteiger partial charge in [0.25, 0.3) is 5.91 Å². The van der Waals surface area contributed by atoms with Gasteiger partial charge in [-0.3, -0.25) is 4.79 Å². The molecule has 146 valence electrons. The molecule has 0 unspecified atom stereocenters. The summed E-state index contributed by atoms with van der Waals surface area (Å²) in [6.45, 7) is 7.11. The average Bonchev–Trinajstić information content (AvgIpc) is 3.06. The zero-order chi connectivity index (χ0) is 19.9. The number of unbranched alkanes of at least 4 members (excludes halogenated alkanes) is 1. The Kier molecular flexibility index (Phi) is 6.66. The summed E-state index contributed by atoms with van der Waals surface area (Å²) in [6.07, 6.45) is 3.82. The van der Waals surface area contributed by atoms with Crippen LogP contribution in [0.4, 0.5) is 0 Å². The average molecular weight is 397 g/mol. The highest BCUT2D eigenvalue weighted by atomic mass is 32.1. The maximum Gasteiger partial charge on any atom is 0.279 e. The number of methoxy groups -OCH3 is 1. The van der Waals surface area contributed by atoms with Crippen molar-refractivity contribution in [2.45, 2.75) is 26.3 Å². The Morgan fingerprint density at radius 2 is 2.11 bits per heavy atom. The number of nitrogens with zero attached hydrogens (tertiary/aromatic N) is 2. The van der Waals surface area contributed by atoms with Crippen LogP contribution in [0.15, 0.2) is 60.1 Å². The van der Waals surface area contributed by atoms with E-state index in [2.05, 4.69) is 18.5 Å². The fourth-order valence-electron chi connectivity index (χ4n) is 2.85. The van der Waals surface area contributed by atoms with E-state index in [0.29, 0.717) is 29.3 Å². The van der Waals surface area contributed by atoms with Gasteiger partial charge in [0.1, 0.15) is 17.0 Å². The second-order valence-corrected chi connectivity index (χ2v) is 7.25. The van der Waals surface area contributed by atoms with Crippen LogP contribution in [0.25, 0.3) is 10.2 Å². The Morgan fingerprint density at radius 1 is 1.29 bits per heavy atom. The molecule has 0 spiro atoms. The Balaban J connectivity index is 2.00. The van der Waals surface area contributed by atoms with Crippen LogP contribution in [0.5, 0.6) is 11.5 Å². The molecule has 3 aromatic rings. The summed E-state index contributed by atoms with van der Waals surface area (Å²) in [7, 11) is 1.64. The minimum atomic E-state index is -0.302. The molecule has 1 heterocycles. The zero-order valence-corrected chi connectivity index (χ0v) is 17.0. The molecule has 0 aliphatic heterocycles. The molecule has 3 rings (SSSR count). The molecule has 5 nitrogen and oxygen atoms in total. The normalized spacial score (nSPS) is 11.6. The standard InChI is InChI=1S/C22H24N2O3S/c1-4-6-14-27-17-10-7-9-16(15-17)21(25)23-22-24(13-5-2)20-18(26-3)11-8-12-19(20)28-22/h5,7-12,15H,2,4,6,13-14H2,1,3H3. The van der Waals surface area contributed by atoms with Crippen LogP contribution in [-0.4, -0.2) is 24.2 Å². The highest BCUT2D eigenvalue weighted by Gasteiger charge is 2.12. The maximum atomic E-state index is 12.8. The lowest BCUT2D eigenvalue weighted by molar-refractivity contribution is 0.0997. The zero-order valence-electron chi connectivity index (χ0n) is 16.2. The molecule has 6 heteroatoms. The lowest BCUT2D eigenvalue weighted by Gasteiger charge is -2.06. The summed E-state index contributed by atoms with van der Waals surface area (Å²) in [4.78, 5) is 17.8. The molecular formula is C22H24N2O3S. The second-order valence-electron chi connectivity index (χ2n) is 6.24. The number of aromatic nitrogens is 1. The van der Waals surface area contributed by atoms with Crippen LogP contribution in [-0.2, 0) is 6.54 Å². The Labute approximate surface area is 168 Å². The van der Waals surface area contributed by atoms with E-state index in [1.165, 1.54) is 11.3 Å². The van der Waals surface area contributed by atoms with Gasteiger partial charge < -0.3 is 14.0 Å². The van der Waals surface area contributed by atoms with E-state index < -0.39 is 0 Å². The van der Waals surface area contributed by atoms with Crippen molar-refractivity contribution in [1.29, 1.82) is 0 Å². The van der Waals surface area contributed by atoms with Gasteiger partial charge in [-0.15, -0.1) is 6.58 Å². The van der Waals surface area contributed by atoms with Crippen LogP contribution in [0.2, 0.25) is 0 Å². The molecule has 0 fully saturated rings. The number of fused-ring (bicyclic) bond motifs is 1. The van der Waals surface area contributed by atoms with Crippen molar-refractivity contribution < 1.29 is 14.3 Å². The SMILES string of the molecule is C=CCn1c(=NC(=O)c2cccc(OCCCC)c2)sc2cccc(OC)c21. The molecular weight excluding hydrogens is 372 g/mol. The molecule has 0 atom stereocenters. The third kappa shape index (κ3) is 4.34. The molecule has 0 saturated carbocycles. The minimum absolute atomic E-state index is 0.302. The number of benzene rings is 2. The number of ether oxygens (including phenoxy) is 2. The monoisotopic (exact) mass is 396 g/mol. The summed E-state index contributed by atoms with van der Waals surface area (Å²) in [5.41, 5.74) is 1.42. The van der Waals surface area contributed by atoms with Gasteiger partial charge in [0, 0.05) is 12.1 Å². The van der Waals surface area contributed by atoms with E-state index >= 15 is 0 Å². The van der Waals surface area contributed by atoms with Crippen LogP contribution in [0.1, 0.15) is 30.1 Å². The van der Waals surface area contributed by atoms with Crippen molar-refractivity contribution in [3.8, 4) is 11.5 Å². The molecule has 0 aliphatic carbocycles. The summed E-state index contributed by atoms with van der Waals surface area (Å²) >= 11 is 1.45. The van der Waals surface area contributed by atoms with E-state index in [1.807, 2.05) is 34.9 Å². The van der Waals surface area contributed by atoms with Crippen molar-refractivity contribution >= 4 is 27.5 Å². The number of hydrogen-bond donors (Lipinski definition) is 0. The first kappa shape index (κ1) is 19.9. The third-order valence-corrected chi connectivity index (χ3v) is 5.28. The smallest absolute Gasteiger partial charge is 0.279 e. The lowest BCUT2D eigenvalue weighted by atomic mass is 10.2. The van der Waals surface area contributed by atoms with Crippen LogP contribution in [0.3, 0.4) is 0 Å². The molecule has 0 saturated heterocycles. The summed E-state index contributed by atoms with van der Waals surface area (Å²) in [5, 5.41) is 0. The van der Waals surface area contributed by atoms with Crippen molar-refractivity contribution in [2.75, 3.05) is 13.7 Å². The lowest BCUT2D eigenvalue weighted by Crippen LogP contribution is -2.16. The summed E-state index contributed by atoms with van der Waals surface area (Å²) < 4.78 is 14.1. The van der Waals surface area contributed by atoms with Crippen molar-refractivity contribution in [2.24, 2.45) is 4.99 Å². The molecule has 0 radical (unpaired) electrons. The molecule has 2 aromatic carbocycles. The van der Waals surface area contributed by atoms with Gasteiger partial charge in [0.15, 0.2) is 4.80 Å². The first-order valence-corrected chi connectivity index (χ1v) is 10.1. The third-order valence-electron chi connectivity index (χ3n) is 4.24. The number of carbonyl (C=O) groups excluding carboxylic acids is 1. The number of thiazole rings is 1. The molecule has 0 aliphatic rings. The number of para-hydroxylation sites is 1. The van der Waals surface area contributed by atoms with Crippen LogP contribution >= 0.6 is 11.3 Å². The van der Waals surface area contributed by atoms with Gasteiger partial charge in [-0.1, -0.05) is 42.9 Å². The second kappa shape index (κ2) is 9.37. The first-order chi connectivity index (χ1) is 13.7. The van der Waals surface area contributed by atoms with Crippen molar-refractivity contribution in [1.82, 2.24) is 4.57 Å². The van der Waals surface area contributed by atoms with E-state index in [1.54, 1.807) is 25.3 Å². The quantitative estimate of drug-likeness (QED) is 0.405. The molecule has 0 bridgehead atoms. The largest absolute Gasteiger partial charge is 0.495 e. The maximum absolute atomic E-state index is 12.8. The Morgan fingerprint density at radius 3 is 2.86 bits per heavy atom. The van der Waals surface area contributed by atoms with Gasteiger partial charge in [0.2, 0.25) is 0 Å². The van der Waals surface area contributed by atoms with Crippen LogP contribution < -0.4 is 14.3 Å². The summed E-state index contributed by atoms with van der Waals surface area (Å²) in [6, 6.07) is 13.0. The van der Waals surface area contributed by atoms with E-state index in [0.717, 1.165) is 28.8 Å². The topological polar surface area (TPSA) is 52.8 Å². The number of hydrogen-bond acceptors (Lipinski definition) is 4. The summed E-state index contributed by atoms with van der Waals surface area (Å²) in [5.74, 6) is 1.13. The van der Waals surface area contributed by atoms with Gasteiger partial charge in [0.05, 0.1) is 18.4 Å². The molecule has 1 aromatic heterocycles. The number of amides is 1. The number of carbonyl (C=O) groups is 1. The van der Waals surface area contributed by atoms with E-state index in [4.69, 9.17) is 9.47 Å². The Hall–Kier alpha value is -2.86. The predicted molar refractivity (Wildman–Crippen MR) is 113 cm³/mol. The van der Waals surface area contributed by atoms with Gasteiger partial charge in [-0.2, -0.15) is 4.99 Å². The molecule has 28 heavy (non-hydrogen) atoms. The molecule has 0 N–H and O–H groups in total. The fraction of sp³-hybridized carbons (Fsp3) is 0.273. The van der Waals surface area contributed by atoms with Crippen molar-refractivity contribution in [3.05, 3.63) is 65.5 Å². The first-order valence-electron chi connectivity index (χ1n) is 9.27. The molecule has 1 amide bonds. The van der Waals surface area contributed by atoms with Crippen LogP contribution in [0, 0.1) is 0 Å². The Bertz CT molecular complexity index is 1050. The highest BCUT2D eigenvalue weighted by molar-refractivity contribution is 7.16. The predicted octanol–water partition coefficient (Wildman–Crippen LogP) is 4.82. The van der Waals surface area contributed by atoms with Crippen molar-refractivity contribution in [3.63, 3.8) is 0 Å². The minimum Gasteiger partial charge on any atom is -0.495 e. The van der Waals surface area contributed by atoms with Gasteiger partial charge in [-0.25, -0.2) is 0 Å². The fourth-order valence-corrected chi connectivity index (χ4v) is 3.91.